The SMILES string of the molecule is C1=Cc2ccccc2OC1.[Cu].[Fe].[MgH2].[Mn].[Mo].[Zn]. The van der Waals surface area contributed by atoms with Gasteiger partial charge in [-0.05, 0) is 12.1 Å². The average molecular weight is 494 g/mol. The Hall–Kier alpha value is 2.40. The Kier molecular flexibility index (Phi) is 33.7. The van der Waals surface area contributed by atoms with E-state index in [2.05, 4.69) is 6.08 Å². The van der Waals surface area contributed by atoms with Gasteiger partial charge in [-0.1, -0.05) is 24.3 Å². The van der Waals surface area contributed by atoms with Crippen LogP contribution in [0, 0.1) is 0 Å². The minimum absolute atomic E-state index is 0. The third-order valence-electron chi connectivity index (χ3n) is 1.55. The van der Waals surface area contributed by atoms with E-state index in [-0.39, 0.29) is 115 Å². The number of hydrogen-bond donors (Lipinski definition) is 0. The molecule has 1 aliphatic heterocycles. The first kappa shape index (κ1) is 31.0. The zero-order valence-electron chi connectivity index (χ0n) is 7.73. The number of para-hydroxylation sites is 1. The molecule has 0 spiro atoms. The van der Waals surface area contributed by atoms with Crippen LogP contribution in [0.15, 0.2) is 30.3 Å². The summed E-state index contributed by atoms with van der Waals surface area (Å²) in [6.07, 6.45) is 4.10. The molecule has 2 radical (unpaired) electrons. The molecular weight excluding hydrogens is 484 g/mol. The standard InChI is InChI=1S/C9H8O.Cu.Fe.Mg.Mn.Mo.Zn.2H/c1-2-6-9-8(4-1)5-3-7-10-9;;;;;;;;/h1-6H,7H2;;;;;;;;. The second-order valence-electron chi connectivity index (χ2n) is 2.25. The van der Waals surface area contributed by atoms with Crippen LogP contribution >= 0.6 is 0 Å². The maximum atomic E-state index is 5.34. The molecule has 88 valence electrons. The van der Waals surface area contributed by atoms with Crippen molar-refractivity contribution in [3.8, 4) is 5.75 Å². The number of hydrogen-bond acceptors (Lipinski definition) is 1. The van der Waals surface area contributed by atoms with E-state index in [1.807, 2.05) is 30.3 Å². The van der Waals surface area contributed by atoms with Gasteiger partial charge >= 0.3 is 23.1 Å². The molecule has 0 saturated carbocycles. The van der Waals surface area contributed by atoms with Gasteiger partial charge in [0.1, 0.15) is 12.4 Å². The molecule has 1 heterocycles. The van der Waals surface area contributed by atoms with E-state index in [4.69, 9.17) is 4.74 Å². The molecule has 0 fully saturated rings. The largest absolute Gasteiger partial charge is 0.489 e. The van der Waals surface area contributed by atoms with Crippen LogP contribution in [0.4, 0.5) is 0 Å². The van der Waals surface area contributed by atoms with E-state index in [1.165, 1.54) is 5.56 Å². The Morgan fingerprint density at radius 1 is 1.12 bits per heavy atom. The zero-order chi connectivity index (χ0) is 6.81. The van der Waals surface area contributed by atoms with Gasteiger partial charge < -0.3 is 4.74 Å². The average Bonchev–Trinajstić information content (AvgIpc) is 2.05. The van der Waals surface area contributed by atoms with Crippen LogP contribution < -0.4 is 4.74 Å². The molecule has 0 aliphatic carbocycles. The molecule has 7 heteroatoms. The predicted octanol–water partition coefficient (Wildman–Crippen LogP) is 1.16. The van der Waals surface area contributed by atoms with E-state index in [0.29, 0.717) is 6.61 Å². The number of benzene rings is 1. The fourth-order valence-electron chi connectivity index (χ4n) is 1.06. The molecule has 1 aromatic carbocycles. The van der Waals surface area contributed by atoms with Crippen molar-refractivity contribution in [2.24, 2.45) is 0 Å². The van der Waals surface area contributed by atoms with Crippen LogP contribution in [0.1, 0.15) is 5.56 Å². The molecule has 0 bridgehead atoms. The summed E-state index contributed by atoms with van der Waals surface area (Å²) < 4.78 is 5.34. The molecule has 0 saturated heterocycles. The molecule has 0 amide bonds. The maximum absolute atomic E-state index is 5.34. The monoisotopic (exact) mass is 494 g/mol. The van der Waals surface area contributed by atoms with Gasteiger partial charge in [0.2, 0.25) is 0 Å². The van der Waals surface area contributed by atoms with Crippen LogP contribution in [0.2, 0.25) is 0 Å². The fraction of sp³-hybridized carbons (Fsp3) is 0.111. The minimum Gasteiger partial charge on any atom is -0.489 e. The van der Waals surface area contributed by atoms with Crippen LogP contribution in [0.3, 0.4) is 0 Å². The molecule has 0 unspecified atom stereocenters. The number of fused-ring (bicyclic) bond motifs is 1. The Bertz CT molecular complexity index is 294. The summed E-state index contributed by atoms with van der Waals surface area (Å²) in [6, 6.07) is 8.03. The van der Waals surface area contributed by atoms with Crippen LogP contribution in [-0.2, 0) is 91.7 Å². The first-order valence-corrected chi connectivity index (χ1v) is 3.35. The van der Waals surface area contributed by atoms with Crippen molar-refractivity contribution in [3.05, 3.63) is 35.9 Å². The fourth-order valence-corrected chi connectivity index (χ4v) is 1.06. The number of ether oxygens (including phenoxy) is 1. The summed E-state index contributed by atoms with van der Waals surface area (Å²) in [6.45, 7) is 0.705. The Labute approximate surface area is 171 Å². The minimum atomic E-state index is 0. The normalized spacial score (nSPS) is 8.75. The summed E-state index contributed by atoms with van der Waals surface area (Å²) in [4.78, 5) is 0. The van der Waals surface area contributed by atoms with E-state index < -0.39 is 0 Å². The Morgan fingerprint density at radius 2 is 1.69 bits per heavy atom. The topological polar surface area (TPSA) is 9.23 Å². The summed E-state index contributed by atoms with van der Waals surface area (Å²) in [5, 5.41) is 0. The molecule has 0 atom stereocenters. The Balaban J connectivity index is -0.0000000672. The van der Waals surface area contributed by atoms with Crippen molar-refractivity contribution in [2.45, 2.75) is 0 Å². The van der Waals surface area contributed by atoms with Crippen molar-refractivity contribution in [2.75, 3.05) is 6.61 Å². The zero-order valence-corrected chi connectivity index (χ0v) is 15.9. The van der Waals surface area contributed by atoms with Crippen LogP contribution in [0.5, 0.6) is 5.75 Å². The van der Waals surface area contributed by atoms with Gasteiger partial charge in [0.15, 0.2) is 0 Å². The maximum Gasteiger partial charge on any atom is 0.316 e. The molecule has 0 aromatic heterocycles. The smallest absolute Gasteiger partial charge is 0.316 e. The second kappa shape index (κ2) is 17.4. The van der Waals surface area contributed by atoms with Crippen molar-refractivity contribution < 1.29 is 96.5 Å². The van der Waals surface area contributed by atoms with Gasteiger partial charge in [0.25, 0.3) is 0 Å². The predicted molar refractivity (Wildman–Crippen MR) is 49.5 cm³/mol. The first-order valence-electron chi connectivity index (χ1n) is 3.35. The quantitative estimate of drug-likeness (QED) is 0.493. The van der Waals surface area contributed by atoms with Crippen molar-refractivity contribution in [1.29, 1.82) is 0 Å². The van der Waals surface area contributed by atoms with Crippen LogP contribution in [0.25, 0.3) is 6.08 Å². The van der Waals surface area contributed by atoms with E-state index in [0.717, 1.165) is 5.75 Å². The first-order chi connectivity index (χ1) is 4.97. The van der Waals surface area contributed by atoms with E-state index in [1.54, 1.807) is 0 Å². The molecule has 1 nitrogen and oxygen atoms in total. The van der Waals surface area contributed by atoms with Gasteiger partial charge in [0.05, 0.1) is 0 Å². The molecule has 0 N–H and O–H groups in total. The number of rotatable bonds is 0. The molecule has 16 heavy (non-hydrogen) atoms. The Morgan fingerprint density at radius 3 is 2.25 bits per heavy atom. The summed E-state index contributed by atoms with van der Waals surface area (Å²) in [5.41, 5.74) is 1.17. The van der Waals surface area contributed by atoms with Gasteiger partial charge in [-0.15, -0.1) is 0 Å². The van der Waals surface area contributed by atoms with Crippen molar-refractivity contribution >= 4 is 29.1 Å². The molecule has 1 aromatic rings. The van der Waals surface area contributed by atoms with Gasteiger partial charge in [0, 0.05) is 97.3 Å². The molecule has 1 aliphatic rings. The van der Waals surface area contributed by atoms with E-state index >= 15 is 0 Å². The second-order valence-corrected chi connectivity index (χ2v) is 2.25. The van der Waals surface area contributed by atoms with Gasteiger partial charge in [-0.3, -0.25) is 0 Å². The van der Waals surface area contributed by atoms with Crippen LogP contribution in [-0.4, -0.2) is 29.7 Å². The summed E-state index contributed by atoms with van der Waals surface area (Å²) in [5.74, 6) is 0.991. The third-order valence-corrected chi connectivity index (χ3v) is 1.55. The van der Waals surface area contributed by atoms with Gasteiger partial charge in [-0.25, -0.2) is 0 Å². The molecule has 2 rings (SSSR count). The summed E-state index contributed by atoms with van der Waals surface area (Å²) in [7, 11) is 0. The van der Waals surface area contributed by atoms with Crippen molar-refractivity contribution in [1.82, 2.24) is 0 Å². The van der Waals surface area contributed by atoms with E-state index in [9.17, 15) is 0 Å². The summed E-state index contributed by atoms with van der Waals surface area (Å²) >= 11 is 0. The third kappa shape index (κ3) is 9.34. The van der Waals surface area contributed by atoms with Gasteiger partial charge in [-0.2, -0.15) is 0 Å². The molecular formula is C9H10CuFeMgMnMoOZn. The van der Waals surface area contributed by atoms with Crippen molar-refractivity contribution in [3.63, 3.8) is 0 Å².